The van der Waals surface area contributed by atoms with E-state index in [-0.39, 0.29) is 35.3 Å². The van der Waals surface area contributed by atoms with E-state index in [0.29, 0.717) is 0 Å². The number of rotatable bonds is 2. The fraction of sp³-hybridized carbons (Fsp3) is 0.250. The molecule has 0 saturated heterocycles. The van der Waals surface area contributed by atoms with Crippen LogP contribution in [0, 0.1) is 0 Å². The number of hydrogen-bond acceptors (Lipinski definition) is 3. The van der Waals surface area contributed by atoms with Crippen LogP contribution >= 0.6 is 0 Å². The zero-order chi connectivity index (χ0) is 5.70. The summed E-state index contributed by atoms with van der Waals surface area (Å²) in [5, 5.41) is 0. The molecular weight excluding hydrogens is 135 g/mol. The second-order valence-electron chi connectivity index (χ2n) is 0.801. The van der Waals surface area contributed by atoms with Gasteiger partial charge in [-0.3, -0.25) is 4.79 Å². The first-order valence-corrected chi connectivity index (χ1v) is 2.27. The van der Waals surface area contributed by atoms with Gasteiger partial charge in [-0.2, -0.15) is 0 Å². The number of esters is 1. The summed E-state index contributed by atoms with van der Waals surface area (Å²) < 4.78 is 4.21. The van der Waals surface area contributed by atoms with E-state index in [1.807, 2.05) is 0 Å². The molecule has 0 aliphatic carbocycles. The third-order valence-electron chi connectivity index (χ3n) is 0.333. The van der Waals surface area contributed by atoms with Crippen LogP contribution in [-0.4, -0.2) is 11.7 Å². The second-order valence-corrected chi connectivity index (χ2v) is 1.09. The van der Waals surface area contributed by atoms with E-state index in [2.05, 4.69) is 23.9 Å². The molecule has 0 heterocycles. The zero-order valence-corrected chi connectivity index (χ0v) is 7.53. The van der Waals surface area contributed by atoms with Crippen molar-refractivity contribution in [3.8, 4) is 0 Å². The average Bonchev–Trinajstić information content (AvgIpc) is 1.68. The predicted molar refractivity (Wildman–Crippen MR) is 28.5 cm³/mol. The molecule has 0 aliphatic rings. The van der Waals surface area contributed by atoms with Crippen molar-refractivity contribution in [2.24, 2.45) is 0 Å². The van der Waals surface area contributed by atoms with E-state index in [1.165, 1.54) is 0 Å². The van der Waals surface area contributed by atoms with Gasteiger partial charge in [-0.05, 0) is 0 Å². The second kappa shape index (κ2) is 7.56. The predicted octanol–water partition coefficient (Wildman–Crippen LogP) is -2.78. The Hall–Kier alpha value is 0.560. The van der Waals surface area contributed by atoms with E-state index in [9.17, 15) is 4.79 Å². The molecule has 40 valence electrons. The summed E-state index contributed by atoms with van der Waals surface area (Å²) in [4.78, 5) is 10.0. The molecule has 0 spiro atoms. The van der Waals surface area contributed by atoms with Gasteiger partial charge in [0.15, 0.2) is 0 Å². The Morgan fingerprint density at radius 3 is 2.50 bits per heavy atom. The van der Waals surface area contributed by atoms with Crippen molar-refractivity contribution in [1.82, 2.24) is 0 Å². The smallest absolute Gasteiger partial charge is 0.782 e. The van der Waals surface area contributed by atoms with Crippen LogP contribution in [0.3, 0.4) is 0 Å². The van der Waals surface area contributed by atoms with Gasteiger partial charge in [0.1, 0.15) is 0 Å². The quantitative estimate of drug-likeness (QED) is 0.180. The summed E-state index contributed by atoms with van der Waals surface area (Å²) in [7, 11) is 0. The van der Waals surface area contributed by atoms with Crippen molar-refractivity contribution in [2.75, 3.05) is 5.75 Å². The fourth-order valence-corrected chi connectivity index (χ4v) is 0.195. The Labute approximate surface area is 76.0 Å². The standard InChI is InChI=1S/C4H6O2S.Na/c1-2-6-4(5)3-7;/h2,7H,1,3H2;/q;+1/p-1. The first-order chi connectivity index (χ1) is 3.31. The fourth-order valence-electron chi connectivity index (χ4n) is 0.127. The molecule has 0 rings (SSSR count). The van der Waals surface area contributed by atoms with Gasteiger partial charge in [-0.1, -0.05) is 12.3 Å². The maximum atomic E-state index is 10.0. The van der Waals surface area contributed by atoms with Crippen molar-refractivity contribution >= 4 is 18.6 Å². The Morgan fingerprint density at radius 1 is 1.88 bits per heavy atom. The van der Waals surface area contributed by atoms with Crippen molar-refractivity contribution in [3.05, 3.63) is 12.8 Å². The van der Waals surface area contributed by atoms with Crippen LogP contribution in [0.1, 0.15) is 0 Å². The summed E-state index contributed by atoms with van der Waals surface area (Å²) in [5.74, 6) is -0.434. The Bertz CT molecular complexity index is 84.1. The van der Waals surface area contributed by atoms with Gasteiger partial charge in [-0.15, -0.1) is 0 Å². The van der Waals surface area contributed by atoms with Gasteiger partial charge in [0.05, 0.1) is 6.26 Å². The summed E-state index contributed by atoms with van der Waals surface area (Å²) >= 11 is 4.32. The SMILES string of the molecule is C=COC(=O)C[S-].[Na+]. The maximum absolute atomic E-state index is 10.0. The van der Waals surface area contributed by atoms with Crippen molar-refractivity contribution in [2.45, 2.75) is 0 Å². The van der Waals surface area contributed by atoms with Gasteiger partial charge >= 0.3 is 29.6 Å². The molecule has 0 unspecified atom stereocenters. The van der Waals surface area contributed by atoms with Gasteiger partial charge in [0.25, 0.3) is 5.97 Å². The van der Waals surface area contributed by atoms with E-state index in [0.717, 1.165) is 6.26 Å². The summed E-state index contributed by atoms with van der Waals surface area (Å²) in [6.07, 6.45) is 1.06. The first kappa shape index (κ1) is 11.4. The molecule has 0 saturated carbocycles. The van der Waals surface area contributed by atoms with E-state index >= 15 is 0 Å². The molecule has 4 heteroatoms. The third kappa shape index (κ3) is 6.56. The Kier molecular flexibility index (Phi) is 10.7. The van der Waals surface area contributed by atoms with Crippen LogP contribution in [0.15, 0.2) is 12.8 Å². The molecule has 0 aromatic heterocycles. The van der Waals surface area contributed by atoms with Crippen molar-refractivity contribution in [1.29, 1.82) is 0 Å². The molecule has 0 aliphatic heterocycles. The van der Waals surface area contributed by atoms with Crippen LogP contribution in [0.2, 0.25) is 0 Å². The molecule has 0 radical (unpaired) electrons. The zero-order valence-electron chi connectivity index (χ0n) is 4.72. The van der Waals surface area contributed by atoms with Crippen molar-refractivity contribution < 1.29 is 39.1 Å². The number of hydrogen-bond donors (Lipinski definition) is 0. The van der Waals surface area contributed by atoms with Gasteiger partial charge < -0.3 is 17.4 Å². The first-order valence-electron chi connectivity index (χ1n) is 1.69. The molecule has 8 heavy (non-hydrogen) atoms. The monoisotopic (exact) mass is 140 g/mol. The minimum absolute atomic E-state index is 0. The van der Waals surface area contributed by atoms with Crippen molar-refractivity contribution in [3.63, 3.8) is 0 Å². The maximum Gasteiger partial charge on any atom is 1.00 e. The number of carbonyl (C=O) groups is 1. The van der Waals surface area contributed by atoms with Crippen LogP contribution in [-0.2, 0) is 22.2 Å². The van der Waals surface area contributed by atoms with E-state index < -0.39 is 5.97 Å². The molecule has 0 aromatic rings. The number of carbonyl (C=O) groups excluding carboxylic acids is 1. The van der Waals surface area contributed by atoms with Crippen LogP contribution in [0.4, 0.5) is 0 Å². The third-order valence-corrected chi connectivity index (χ3v) is 0.568. The Balaban J connectivity index is 0. The normalized spacial score (nSPS) is 6.62. The Morgan fingerprint density at radius 2 is 2.38 bits per heavy atom. The summed E-state index contributed by atoms with van der Waals surface area (Å²) in [6, 6.07) is 0. The van der Waals surface area contributed by atoms with Gasteiger partial charge in [0.2, 0.25) is 0 Å². The van der Waals surface area contributed by atoms with Crippen LogP contribution in [0.5, 0.6) is 0 Å². The minimum atomic E-state index is -0.426. The molecule has 0 bridgehead atoms. The molecule has 0 N–H and O–H groups in total. The molecule has 2 nitrogen and oxygen atoms in total. The molecular formula is C4H5NaO2S. The largest absolute Gasteiger partial charge is 1.00 e. The molecule has 0 atom stereocenters. The summed E-state index contributed by atoms with van der Waals surface area (Å²) in [5.41, 5.74) is 0. The van der Waals surface area contributed by atoms with Crippen LogP contribution < -0.4 is 29.6 Å². The molecule has 0 amide bonds. The average molecular weight is 140 g/mol. The molecule has 0 fully saturated rings. The van der Waals surface area contributed by atoms with Gasteiger partial charge in [0, 0.05) is 0 Å². The number of ether oxygens (including phenoxy) is 1. The summed E-state index contributed by atoms with van der Waals surface area (Å²) in [6.45, 7) is 3.16. The van der Waals surface area contributed by atoms with E-state index in [1.54, 1.807) is 0 Å². The van der Waals surface area contributed by atoms with Crippen LogP contribution in [0.25, 0.3) is 0 Å². The van der Waals surface area contributed by atoms with Gasteiger partial charge in [-0.25, -0.2) is 0 Å². The molecule has 0 aromatic carbocycles. The topological polar surface area (TPSA) is 26.3 Å². The van der Waals surface area contributed by atoms with E-state index in [4.69, 9.17) is 0 Å². The minimum Gasteiger partial charge on any atom is -0.782 e.